The molecule has 4 nitrogen and oxygen atoms in total. The normalized spacial score (nSPS) is 19.1. The SMILES string of the molecule is CNC(C)C1CCN(c2ccc(C(F)(F)F)nn2)CC1. The summed E-state index contributed by atoms with van der Waals surface area (Å²) in [4.78, 5) is 1.99. The van der Waals surface area contributed by atoms with E-state index in [9.17, 15) is 13.2 Å². The summed E-state index contributed by atoms with van der Waals surface area (Å²) < 4.78 is 37.3. The number of aromatic nitrogens is 2. The van der Waals surface area contributed by atoms with Gasteiger partial charge in [-0.1, -0.05) is 0 Å². The van der Waals surface area contributed by atoms with Crippen LogP contribution in [0.5, 0.6) is 0 Å². The lowest BCUT2D eigenvalue weighted by atomic mass is 9.90. The highest BCUT2D eigenvalue weighted by Crippen LogP contribution is 2.28. The summed E-state index contributed by atoms with van der Waals surface area (Å²) in [7, 11) is 1.94. The van der Waals surface area contributed by atoms with Gasteiger partial charge in [0.05, 0.1) is 0 Å². The molecule has 0 spiro atoms. The van der Waals surface area contributed by atoms with Gasteiger partial charge in [0.15, 0.2) is 11.5 Å². The Hall–Kier alpha value is -1.37. The van der Waals surface area contributed by atoms with Crippen molar-refractivity contribution in [2.45, 2.75) is 32.0 Å². The number of hydrogen-bond acceptors (Lipinski definition) is 4. The van der Waals surface area contributed by atoms with Crippen molar-refractivity contribution in [2.24, 2.45) is 5.92 Å². The second-order valence-electron chi connectivity index (χ2n) is 5.18. The number of halogens is 3. The highest BCUT2D eigenvalue weighted by Gasteiger charge is 2.33. The molecule has 1 saturated heterocycles. The predicted molar refractivity (Wildman–Crippen MR) is 70.5 cm³/mol. The third kappa shape index (κ3) is 3.39. The molecule has 1 N–H and O–H groups in total. The van der Waals surface area contributed by atoms with Crippen molar-refractivity contribution in [1.29, 1.82) is 0 Å². The van der Waals surface area contributed by atoms with E-state index in [0.29, 0.717) is 17.8 Å². The van der Waals surface area contributed by atoms with Gasteiger partial charge in [-0.2, -0.15) is 13.2 Å². The fourth-order valence-electron chi connectivity index (χ4n) is 2.51. The van der Waals surface area contributed by atoms with Crippen LogP contribution < -0.4 is 10.2 Å². The van der Waals surface area contributed by atoms with E-state index < -0.39 is 11.9 Å². The molecule has 20 heavy (non-hydrogen) atoms. The average Bonchev–Trinajstić information content (AvgIpc) is 2.46. The van der Waals surface area contributed by atoms with E-state index in [1.165, 1.54) is 6.07 Å². The van der Waals surface area contributed by atoms with Crippen LogP contribution in [-0.4, -0.2) is 36.4 Å². The van der Waals surface area contributed by atoms with Crippen LogP contribution in [0, 0.1) is 5.92 Å². The Labute approximate surface area is 116 Å². The zero-order valence-electron chi connectivity index (χ0n) is 11.6. The number of nitrogens with one attached hydrogen (secondary N) is 1. The first kappa shape index (κ1) is 15.0. The van der Waals surface area contributed by atoms with Gasteiger partial charge in [0.2, 0.25) is 0 Å². The molecular weight excluding hydrogens is 269 g/mol. The fraction of sp³-hybridized carbons (Fsp3) is 0.692. The first-order valence-electron chi connectivity index (χ1n) is 6.75. The zero-order valence-corrected chi connectivity index (χ0v) is 11.6. The van der Waals surface area contributed by atoms with Gasteiger partial charge in [0, 0.05) is 19.1 Å². The zero-order chi connectivity index (χ0) is 14.8. The molecule has 2 rings (SSSR count). The van der Waals surface area contributed by atoms with E-state index in [0.717, 1.165) is 32.0 Å². The standard InChI is InChI=1S/C13H19F3N4/c1-9(17-2)10-5-7-20(8-6-10)12-4-3-11(18-19-12)13(14,15)16/h3-4,9-10,17H,5-8H2,1-2H3. The Morgan fingerprint density at radius 3 is 2.35 bits per heavy atom. The summed E-state index contributed by atoms with van der Waals surface area (Å²) in [5, 5.41) is 10.2. The number of alkyl halides is 3. The Kier molecular flexibility index (Phi) is 4.47. The van der Waals surface area contributed by atoms with Gasteiger partial charge in [-0.05, 0) is 44.9 Å². The van der Waals surface area contributed by atoms with Crippen LogP contribution in [0.4, 0.5) is 19.0 Å². The molecule has 0 aromatic carbocycles. The van der Waals surface area contributed by atoms with Gasteiger partial charge < -0.3 is 10.2 Å². The number of hydrogen-bond donors (Lipinski definition) is 1. The molecule has 0 aliphatic carbocycles. The van der Waals surface area contributed by atoms with Gasteiger partial charge in [-0.3, -0.25) is 0 Å². The second kappa shape index (κ2) is 5.95. The lowest BCUT2D eigenvalue weighted by Gasteiger charge is -2.35. The Balaban J connectivity index is 1.97. The third-order valence-electron chi connectivity index (χ3n) is 3.97. The molecule has 1 aromatic heterocycles. The van der Waals surface area contributed by atoms with Crippen LogP contribution in [0.3, 0.4) is 0 Å². The van der Waals surface area contributed by atoms with Crippen molar-refractivity contribution >= 4 is 5.82 Å². The molecule has 1 aliphatic heterocycles. The molecule has 0 radical (unpaired) electrons. The average molecular weight is 288 g/mol. The summed E-state index contributed by atoms with van der Waals surface area (Å²) in [6.45, 7) is 3.76. The van der Waals surface area contributed by atoms with E-state index in [-0.39, 0.29) is 0 Å². The minimum atomic E-state index is -4.43. The Bertz CT molecular complexity index is 424. The van der Waals surface area contributed by atoms with Crippen molar-refractivity contribution in [3.8, 4) is 0 Å². The maximum absolute atomic E-state index is 12.4. The molecular formula is C13H19F3N4. The maximum atomic E-state index is 12.4. The van der Waals surface area contributed by atoms with Crippen LogP contribution in [-0.2, 0) is 6.18 Å². The van der Waals surface area contributed by atoms with Gasteiger partial charge >= 0.3 is 6.18 Å². The summed E-state index contributed by atoms with van der Waals surface area (Å²) in [6.07, 6.45) is -2.42. The summed E-state index contributed by atoms with van der Waals surface area (Å²) >= 11 is 0. The Morgan fingerprint density at radius 2 is 1.90 bits per heavy atom. The van der Waals surface area contributed by atoms with E-state index in [1.807, 2.05) is 11.9 Å². The second-order valence-corrected chi connectivity index (χ2v) is 5.18. The quantitative estimate of drug-likeness (QED) is 0.927. The minimum Gasteiger partial charge on any atom is -0.355 e. The minimum absolute atomic E-state index is 0.454. The highest BCUT2D eigenvalue weighted by atomic mass is 19.4. The van der Waals surface area contributed by atoms with Gasteiger partial charge in [-0.15, -0.1) is 10.2 Å². The van der Waals surface area contributed by atoms with Crippen molar-refractivity contribution in [3.63, 3.8) is 0 Å². The Morgan fingerprint density at radius 1 is 1.25 bits per heavy atom. The maximum Gasteiger partial charge on any atom is 0.435 e. The van der Waals surface area contributed by atoms with E-state index in [1.54, 1.807) is 0 Å². The van der Waals surface area contributed by atoms with Crippen LogP contribution in [0.25, 0.3) is 0 Å². The molecule has 0 bridgehead atoms. The van der Waals surface area contributed by atoms with E-state index in [2.05, 4.69) is 22.4 Å². The molecule has 0 saturated carbocycles. The van der Waals surface area contributed by atoms with Crippen molar-refractivity contribution in [1.82, 2.24) is 15.5 Å². The molecule has 0 amide bonds. The van der Waals surface area contributed by atoms with Crippen LogP contribution in [0.1, 0.15) is 25.5 Å². The molecule has 1 aromatic rings. The predicted octanol–water partition coefficient (Wildman–Crippen LogP) is 2.32. The largest absolute Gasteiger partial charge is 0.435 e. The summed E-state index contributed by atoms with van der Waals surface area (Å²) in [5.74, 6) is 1.12. The van der Waals surface area contributed by atoms with Crippen LogP contribution in [0.2, 0.25) is 0 Å². The first-order chi connectivity index (χ1) is 9.41. The van der Waals surface area contributed by atoms with Crippen LogP contribution in [0.15, 0.2) is 12.1 Å². The number of rotatable bonds is 3. The summed E-state index contributed by atoms with van der Waals surface area (Å²) in [6, 6.07) is 2.85. The fourth-order valence-corrected chi connectivity index (χ4v) is 2.51. The molecule has 2 heterocycles. The lowest BCUT2D eigenvalue weighted by molar-refractivity contribution is -0.141. The molecule has 1 fully saturated rings. The van der Waals surface area contributed by atoms with Crippen molar-refractivity contribution in [3.05, 3.63) is 17.8 Å². The summed E-state index contributed by atoms with van der Waals surface area (Å²) in [5.41, 5.74) is -0.944. The molecule has 1 aliphatic rings. The van der Waals surface area contributed by atoms with E-state index >= 15 is 0 Å². The van der Waals surface area contributed by atoms with Crippen molar-refractivity contribution in [2.75, 3.05) is 25.0 Å². The van der Waals surface area contributed by atoms with Crippen molar-refractivity contribution < 1.29 is 13.2 Å². The molecule has 112 valence electrons. The highest BCUT2D eigenvalue weighted by molar-refractivity contribution is 5.38. The van der Waals surface area contributed by atoms with Gasteiger partial charge in [-0.25, -0.2) is 0 Å². The number of piperidine rings is 1. The smallest absolute Gasteiger partial charge is 0.355 e. The van der Waals surface area contributed by atoms with E-state index in [4.69, 9.17) is 0 Å². The van der Waals surface area contributed by atoms with Gasteiger partial charge in [0.25, 0.3) is 0 Å². The molecule has 1 atom stereocenters. The number of nitrogens with zero attached hydrogens (tertiary/aromatic N) is 3. The first-order valence-corrected chi connectivity index (χ1v) is 6.75. The monoisotopic (exact) mass is 288 g/mol. The molecule has 7 heteroatoms. The topological polar surface area (TPSA) is 41.0 Å². The van der Waals surface area contributed by atoms with Gasteiger partial charge in [0.1, 0.15) is 0 Å². The lowest BCUT2D eigenvalue weighted by Crippen LogP contribution is -2.41. The third-order valence-corrected chi connectivity index (χ3v) is 3.97. The number of anilines is 1. The van der Waals surface area contributed by atoms with Crippen LogP contribution >= 0.6 is 0 Å². The molecule has 1 unspecified atom stereocenters.